The van der Waals surface area contributed by atoms with Gasteiger partial charge in [-0.25, -0.2) is 21.9 Å². The zero-order chi connectivity index (χ0) is 12.4. The molecule has 1 aromatic rings. The summed E-state index contributed by atoms with van der Waals surface area (Å²) < 4.78 is 50.8. The molecular weight excluding hydrogens is 326 g/mol. The van der Waals surface area contributed by atoms with Crippen LogP contribution in [0.15, 0.2) is 20.1 Å². The van der Waals surface area contributed by atoms with E-state index in [-0.39, 0.29) is 4.21 Å². The van der Waals surface area contributed by atoms with Crippen LogP contribution in [0.25, 0.3) is 0 Å². The molecule has 1 rings (SSSR count). The van der Waals surface area contributed by atoms with E-state index in [2.05, 4.69) is 15.9 Å². The molecule has 0 unspecified atom stereocenters. The maximum atomic E-state index is 12.8. The molecule has 1 heterocycles. The first-order valence-corrected chi connectivity index (χ1v) is 7.25. The van der Waals surface area contributed by atoms with Crippen molar-refractivity contribution < 1.29 is 17.2 Å². The molecule has 4 nitrogen and oxygen atoms in total. The van der Waals surface area contributed by atoms with Crippen molar-refractivity contribution in [1.29, 1.82) is 0 Å². The third-order valence-electron chi connectivity index (χ3n) is 1.65. The SMILES string of the molecule is NCC(F)(F)CNS(=O)(=O)c1sccc1Br. The van der Waals surface area contributed by atoms with E-state index in [9.17, 15) is 17.2 Å². The summed E-state index contributed by atoms with van der Waals surface area (Å²) in [6, 6.07) is 1.53. The van der Waals surface area contributed by atoms with Gasteiger partial charge in [-0.2, -0.15) is 0 Å². The lowest BCUT2D eigenvalue weighted by molar-refractivity contribution is 0.0170. The summed E-state index contributed by atoms with van der Waals surface area (Å²) in [7, 11) is -3.90. The van der Waals surface area contributed by atoms with Crippen molar-refractivity contribution in [2.45, 2.75) is 10.1 Å². The number of nitrogens with one attached hydrogen (secondary N) is 1. The summed E-state index contributed by atoms with van der Waals surface area (Å²) in [5, 5.41) is 1.54. The fourth-order valence-corrected chi connectivity index (χ4v) is 4.25. The monoisotopic (exact) mass is 334 g/mol. The molecule has 0 aliphatic rings. The number of halogens is 3. The molecule has 9 heteroatoms. The van der Waals surface area contributed by atoms with E-state index in [0.29, 0.717) is 4.47 Å². The van der Waals surface area contributed by atoms with Gasteiger partial charge >= 0.3 is 0 Å². The van der Waals surface area contributed by atoms with Crippen LogP contribution in [0, 0.1) is 0 Å². The highest BCUT2D eigenvalue weighted by atomic mass is 79.9. The molecule has 1 aromatic heterocycles. The second-order valence-electron chi connectivity index (χ2n) is 2.94. The maximum Gasteiger partial charge on any atom is 0.273 e. The first-order valence-electron chi connectivity index (χ1n) is 4.09. The van der Waals surface area contributed by atoms with Crippen molar-refractivity contribution in [1.82, 2.24) is 4.72 Å². The smallest absolute Gasteiger partial charge is 0.273 e. The molecule has 0 saturated heterocycles. The van der Waals surface area contributed by atoms with Gasteiger partial charge in [0, 0.05) is 4.47 Å². The van der Waals surface area contributed by atoms with Crippen LogP contribution in [0.5, 0.6) is 0 Å². The van der Waals surface area contributed by atoms with Crippen molar-refractivity contribution in [3.8, 4) is 0 Å². The summed E-state index contributed by atoms with van der Waals surface area (Å²) in [6.45, 7) is -1.91. The van der Waals surface area contributed by atoms with Crippen molar-refractivity contribution in [2.75, 3.05) is 13.1 Å². The van der Waals surface area contributed by atoms with Crippen LogP contribution in [0.3, 0.4) is 0 Å². The van der Waals surface area contributed by atoms with Gasteiger partial charge in [0.2, 0.25) is 0 Å². The summed E-state index contributed by atoms with van der Waals surface area (Å²) in [6.07, 6.45) is 0. The average molecular weight is 335 g/mol. The lowest BCUT2D eigenvalue weighted by Gasteiger charge is -2.14. The second kappa shape index (κ2) is 5.05. The van der Waals surface area contributed by atoms with Gasteiger partial charge in [0.15, 0.2) is 0 Å². The Labute approximate surface area is 104 Å². The summed E-state index contributed by atoms with van der Waals surface area (Å²) >= 11 is 3.96. The van der Waals surface area contributed by atoms with E-state index in [0.717, 1.165) is 11.3 Å². The fourth-order valence-electron chi connectivity index (χ4n) is 0.810. The zero-order valence-electron chi connectivity index (χ0n) is 7.91. The first-order chi connectivity index (χ1) is 7.28. The number of thiophene rings is 1. The molecule has 0 bridgehead atoms. The van der Waals surface area contributed by atoms with E-state index in [1.165, 1.54) is 6.07 Å². The Kier molecular flexibility index (Phi) is 4.41. The Hall–Kier alpha value is -0.0900. The number of hydrogen-bond acceptors (Lipinski definition) is 4. The number of alkyl halides is 2. The van der Waals surface area contributed by atoms with Gasteiger partial charge in [-0.05, 0) is 27.4 Å². The standard InChI is InChI=1S/C7H9BrF2N2O2S2/c8-5-1-2-15-6(5)16(13,14)12-4-7(9,10)3-11/h1-2,12H,3-4,11H2. The Morgan fingerprint density at radius 3 is 2.62 bits per heavy atom. The van der Waals surface area contributed by atoms with Crippen molar-refractivity contribution in [2.24, 2.45) is 5.73 Å². The van der Waals surface area contributed by atoms with Gasteiger partial charge in [0.1, 0.15) is 4.21 Å². The van der Waals surface area contributed by atoms with Crippen molar-refractivity contribution >= 4 is 37.3 Å². The molecule has 0 atom stereocenters. The van der Waals surface area contributed by atoms with E-state index < -0.39 is 29.0 Å². The topological polar surface area (TPSA) is 72.2 Å². The minimum absolute atomic E-state index is 0.0275. The second-order valence-corrected chi connectivity index (χ2v) is 6.67. The predicted molar refractivity (Wildman–Crippen MR) is 61.2 cm³/mol. The van der Waals surface area contributed by atoms with E-state index >= 15 is 0 Å². The molecule has 0 amide bonds. The Balaban J connectivity index is 2.79. The van der Waals surface area contributed by atoms with Gasteiger partial charge in [-0.15, -0.1) is 11.3 Å². The molecule has 0 aliphatic carbocycles. The van der Waals surface area contributed by atoms with Crippen molar-refractivity contribution in [3.63, 3.8) is 0 Å². The van der Waals surface area contributed by atoms with E-state index in [1.807, 2.05) is 4.72 Å². The van der Waals surface area contributed by atoms with Gasteiger partial charge in [0.05, 0.1) is 13.1 Å². The van der Waals surface area contributed by atoms with Crippen LogP contribution in [0.2, 0.25) is 0 Å². The van der Waals surface area contributed by atoms with E-state index in [1.54, 1.807) is 5.38 Å². The first kappa shape index (κ1) is 14.0. The number of hydrogen-bond donors (Lipinski definition) is 2. The number of nitrogens with two attached hydrogens (primary N) is 1. The lowest BCUT2D eigenvalue weighted by atomic mass is 10.3. The van der Waals surface area contributed by atoms with Gasteiger partial charge in [-0.1, -0.05) is 0 Å². The third kappa shape index (κ3) is 3.45. The Morgan fingerprint density at radius 2 is 2.19 bits per heavy atom. The molecule has 0 aromatic carbocycles. The van der Waals surface area contributed by atoms with Crippen LogP contribution in [0.1, 0.15) is 0 Å². The molecule has 0 saturated carbocycles. The Bertz CT molecular complexity index is 461. The average Bonchev–Trinajstić information content (AvgIpc) is 2.63. The van der Waals surface area contributed by atoms with Crippen molar-refractivity contribution in [3.05, 3.63) is 15.9 Å². The van der Waals surface area contributed by atoms with Crippen LogP contribution in [-0.4, -0.2) is 27.4 Å². The summed E-state index contributed by atoms with van der Waals surface area (Å²) in [5.41, 5.74) is 4.79. The van der Waals surface area contributed by atoms with E-state index in [4.69, 9.17) is 5.73 Å². The quantitative estimate of drug-likeness (QED) is 0.854. The highest BCUT2D eigenvalue weighted by molar-refractivity contribution is 9.10. The minimum atomic E-state index is -3.90. The van der Waals surface area contributed by atoms with Gasteiger partial charge in [0.25, 0.3) is 15.9 Å². The predicted octanol–water partition coefficient (Wildman–Crippen LogP) is 1.38. The maximum absolute atomic E-state index is 12.8. The van der Waals surface area contributed by atoms with Crippen LogP contribution in [0.4, 0.5) is 8.78 Å². The fraction of sp³-hybridized carbons (Fsp3) is 0.429. The normalized spacial score (nSPS) is 13.0. The van der Waals surface area contributed by atoms with Crippen LogP contribution in [-0.2, 0) is 10.0 Å². The van der Waals surface area contributed by atoms with Gasteiger partial charge < -0.3 is 5.73 Å². The molecule has 0 aliphatic heterocycles. The minimum Gasteiger partial charge on any atom is -0.325 e. The molecular formula is C7H9BrF2N2O2S2. The molecule has 0 radical (unpaired) electrons. The Morgan fingerprint density at radius 1 is 1.56 bits per heavy atom. The lowest BCUT2D eigenvalue weighted by Crippen LogP contribution is -2.41. The molecule has 16 heavy (non-hydrogen) atoms. The number of rotatable bonds is 5. The molecule has 3 N–H and O–H groups in total. The molecule has 0 fully saturated rings. The highest BCUT2D eigenvalue weighted by Gasteiger charge is 2.30. The zero-order valence-corrected chi connectivity index (χ0v) is 11.1. The van der Waals surface area contributed by atoms with Gasteiger partial charge in [-0.3, -0.25) is 0 Å². The largest absolute Gasteiger partial charge is 0.325 e. The summed E-state index contributed by atoms with van der Waals surface area (Å²) in [5.74, 6) is -3.24. The summed E-state index contributed by atoms with van der Waals surface area (Å²) in [4.78, 5) is 0. The third-order valence-corrected chi connectivity index (χ3v) is 5.72. The molecule has 0 spiro atoms. The molecule has 92 valence electrons. The van der Waals surface area contributed by atoms with Crippen LogP contribution >= 0.6 is 27.3 Å². The van der Waals surface area contributed by atoms with Crippen LogP contribution < -0.4 is 10.5 Å². The highest BCUT2D eigenvalue weighted by Crippen LogP contribution is 2.27. The number of sulfonamides is 1.